The van der Waals surface area contributed by atoms with Crippen LogP contribution in [0.1, 0.15) is 63.9 Å². The predicted molar refractivity (Wildman–Crippen MR) is 104 cm³/mol. The van der Waals surface area contributed by atoms with Crippen molar-refractivity contribution in [3.05, 3.63) is 29.3 Å². The van der Waals surface area contributed by atoms with Gasteiger partial charge >= 0.3 is 5.97 Å². The van der Waals surface area contributed by atoms with E-state index in [1.165, 1.54) is 0 Å². The largest absolute Gasteiger partial charge is 0.493 e. The van der Waals surface area contributed by atoms with E-state index in [9.17, 15) is 9.90 Å². The molecule has 0 atom stereocenters. The summed E-state index contributed by atoms with van der Waals surface area (Å²) in [4.78, 5) is 11.5. The van der Waals surface area contributed by atoms with Crippen molar-refractivity contribution in [2.45, 2.75) is 58.3 Å². The summed E-state index contributed by atoms with van der Waals surface area (Å²) in [6, 6.07) is 5.49. The molecule has 5 heteroatoms. The van der Waals surface area contributed by atoms with Crippen LogP contribution < -0.4 is 9.47 Å². The van der Waals surface area contributed by atoms with E-state index in [1.807, 2.05) is 18.2 Å². The highest BCUT2D eigenvalue weighted by Crippen LogP contribution is 2.29. The summed E-state index contributed by atoms with van der Waals surface area (Å²) in [7, 11) is 1.58. The fourth-order valence-corrected chi connectivity index (χ4v) is 2.65. The molecule has 0 bridgehead atoms. The van der Waals surface area contributed by atoms with Crippen LogP contribution in [0.15, 0.2) is 23.8 Å². The summed E-state index contributed by atoms with van der Waals surface area (Å²) in [6.07, 6.45) is 8.87. The fourth-order valence-electron chi connectivity index (χ4n) is 2.65. The monoisotopic (exact) mass is 364 g/mol. The standard InChI is InChI=1S/C21H32O5/c1-3-4-9-14-26-19-12-11-17(16-20(19)25-2)15-18(21(23)24)10-7-5-6-8-13-22/h11-12,15-16,22H,3-10,13-14H2,1-2H3,(H,23,24). The number of carboxylic acid groups (broad SMARTS) is 1. The van der Waals surface area contributed by atoms with Crippen LogP contribution in [0.3, 0.4) is 0 Å². The van der Waals surface area contributed by atoms with Crippen molar-refractivity contribution in [3.63, 3.8) is 0 Å². The van der Waals surface area contributed by atoms with Gasteiger partial charge in [0.15, 0.2) is 11.5 Å². The Hall–Kier alpha value is -2.01. The van der Waals surface area contributed by atoms with E-state index in [2.05, 4.69) is 6.92 Å². The van der Waals surface area contributed by atoms with Gasteiger partial charge in [-0.15, -0.1) is 0 Å². The first kappa shape index (κ1) is 22.0. The molecule has 0 unspecified atom stereocenters. The molecule has 1 aromatic rings. The highest BCUT2D eigenvalue weighted by molar-refractivity contribution is 5.92. The molecular weight excluding hydrogens is 332 g/mol. The van der Waals surface area contributed by atoms with Crippen molar-refractivity contribution >= 4 is 12.0 Å². The molecule has 0 saturated heterocycles. The molecule has 0 aromatic heterocycles. The molecule has 0 aliphatic rings. The normalized spacial score (nSPS) is 11.4. The maximum atomic E-state index is 11.5. The fraction of sp³-hybridized carbons (Fsp3) is 0.571. The quantitative estimate of drug-likeness (QED) is 0.370. The molecule has 0 radical (unpaired) electrons. The van der Waals surface area contributed by atoms with Gasteiger partial charge in [0.05, 0.1) is 13.7 Å². The number of methoxy groups -OCH3 is 1. The van der Waals surface area contributed by atoms with Gasteiger partial charge in [-0.1, -0.05) is 38.7 Å². The number of rotatable bonds is 14. The maximum absolute atomic E-state index is 11.5. The molecule has 1 rings (SSSR count). The number of hydrogen-bond acceptors (Lipinski definition) is 4. The molecule has 0 heterocycles. The van der Waals surface area contributed by atoms with Gasteiger partial charge in [-0.3, -0.25) is 0 Å². The van der Waals surface area contributed by atoms with Crippen LogP contribution in [0.2, 0.25) is 0 Å². The number of ether oxygens (including phenoxy) is 2. The smallest absolute Gasteiger partial charge is 0.331 e. The van der Waals surface area contributed by atoms with Crippen molar-refractivity contribution in [1.29, 1.82) is 0 Å². The van der Waals surface area contributed by atoms with E-state index >= 15 is 0 Å². The Morgan fingerprint density at radius 3 is 2.50 bits per heavy atom. The van der Waals surface area contributed by atoms with Crippen molar-refractivity contribution < 1.29 is 24.5 Å². The molecule has 0 aliphatic heterocycles. The van der Waals surface area contributed by atoms with E-state index in [0.717, 1.165) is 50.5 Å². The van der Waals surface area contributed by atoms with Crippen molar-refractivity contribution in [3.8, 4) is 11.5 Å². The van der Waals surface area contributed by atoms with Crippen LogP contribution in [0, 0.1) is 0 Å². The van der Waals surface area contributed by atoms with Crippen LogP contribution >= 0.6 is 0 Å². The average Bonchev–Trinajstić information content (AvgIpc) is 2.64. The van der Waals surface area contributed by atoms with E-state index < -0.39 is 5.97 Å². The molecule has 146 valence electrons. The summed E-state index contributed by atoms with van der Waals surface area (Å²) >= 11 is 0. The number of aliphatic hydroxyl groups is 1. The number of aliphatic carboxylic acids is 1. The number of unbranched alkanes of at least 4 members (excludes halogenated alkanes) is 5. The lowest BCUT2D eigenvalue weighted by Gasteiger charge is -2.11. The summed E-state index contributed by atoms with van der Waals surface area (Å²) in [6.45, 7) is 2.98. The molecule has 0 aliphatic carbocycles. The zero-order chi connectivity index (χ0) is 19.2. The number of hydrogen-bond donors (Lipinski definition) is 2. The molecule has 0 amide bonds. The Morgan fingerprint density at radius 2 is 1.85 bits per heavy atom. The first-order chi connectivity index (χ1) is 12.6. The Bertz CT molecular complexity index is 566. The second-order valence-corrected chi connectivity index (χ2v) is 6.33. The first-order valence-corrected chi connectivity index (χ1v) is 9.48. The van der Waals surface area contributed by atoms with Gasteiger partial charge in [-0.05, 0) is 49.5 Å². The minimum atomic E-state index is -0.897. The van der Waals surface area contributed by atoms with Crippen LogP contribution in [0.5, 0.6) is 11.5 Å². The van der Waals surface area contributed by atoms with Crippen LogP contribution in [-0.4, -0.2) is 36.5 Å². The lowest BCUT2D eigenvalue weighted by Crippen LogP contribution is -2.01. The summed E-state index contributed by atoms with van der Waals surface area (Å²) in [5, 5.41) is 18.2. The van der Waals surface area contributed by atoms with E-state index in [1.54, 1.807) is 13.2 Å². The van der Waals surface area contributed by atoms with Crippen LogP contribution in [0.25, 0.3) is 6.08 Å². The molecule has 0 fully saturated rings. The lowest BCUT2D eigenvalue weighted by atomic mass is 10.0. The Kier molecular flexibility index (Phi) is 11.2. The average molecular weight is 364 g/mol. The van der Waals surface area contributed by atoms with E-state index in [4.69, 9.17) is 14.6 Å². The van der Waals surface area contributed by atoms with Crippen molar-refractivity contribution in [2.75, 3.05) is 20.3 Å². The summed E-state index contributed by atoms with van der Waals surface area (Å²) in [5.74, 6) is 0.399. The molecule has 2 N–H and O–H groups in total. The lowest BCUT2D eigenvalue weighted by molar-refractivity contribution is -0.132. The van der Waals surface area contributed by atoms with Gasteiger partial charge in [0, 0.05) is 12.2 Å². The first-order valence-electron chi connectivity index (χ1n) is 9.48. The van der Waals surface area contributed by atoms with Gasteiger partial charge in [0.1, 0.15) is 0 Å². The third-order valence-electron chi connectivity index (χ3n) is 4.16. The van der Waals surface area contributed by atoms with Gasteiger partial charge < -0.3 is 19.7 Å². The van der Waals surface area contributed by atoms with Gasteiger partial charge in [0.25, 0.3) is 0 Å². The highest BCUT2D eigenvalue weighted by atomic mass is 16.5. The summed E-state index contributed by atoms with van der Waals surface area (Å²) in [5.41, 5.74) is 1.17. The van der Waals surface area contributed by atoms with E-state index in [0.29, 0.717) is 30.1 Å². The third-order valence-corrected chi connectivity index (χ3v) is 4.16. The topological polar surface area (TPSA) is 76.0 Å². The molecule has 0 saturated carbocycles. The summed E-state index contributed by atoms with van der Waals surface area (Å²) < 4.78 is 11.1. The molecule has 0 spiro atoms. The third kappa shape index (κ3) is 8.39. The van der Waals surface area contributed by atoms with Crippen molar-refractivity contribution in [2.24, 2.45) is 0 Å². The Labute approximate surface area is 156 Å². The minimum Gasteiger partial charge on any atom is -0.493 e. The van der Waals surface area contributed by atoms with E-state index in [-0.39, 0.29) is 6.61 Å². The molecule has 26 heavy (non-hydrogen) atoms. The molecular formula is C21H32O5. The molecule has 1 aromatic carbocycles. The zero-order valence-electron chi connectivity index (χ0n) is 16.0. The van der Waals surface area contributed by atoms with Gasteiger partial charge in [-0.25, -0.2) is 4.79 Å². The number of benzene rings is 1. The number of aliphatic hydroxyl groups excluding tert-OH is 1. The van der Waals surface area contributed by atoms with Crippen molar-refractivity contribution in [1.82, 2.24) is 0 Å². The zero-order valence-corrected chi connectivity index (χ0v) is 16.0. The molecule has 5 nitrogen and oxygen atoms in total. The van der Waals surface area contributed by atoms with Gasteiger partial charge in [-0.2, -0.15) is 0 Å². The number of carbonyl (C=O) groups is 1. The highest BCUT2D eigenvalue weighted by Gasteiger charge is 2.10. The predicted octanol–water partition coefficient (Wildman–Crippen LogP) is 4.68. The van der Waals surface area contributed by atoms with Crippen LogP contribution in [-0.2, 0) is 4.79 Å². The SMILES string of the molecule is CCCCCOc1ccc(C=C(CCCCCCO)C(=O)O)cc1OC. The second-order valence-electron chi connectivity index (χ2n) is 6.33. The Balaban J connectivity index is 2.74. The maximum Gasteiger partial charge on any atom is 0.331 e. The minimum absolute atomic E-state index is 0.189. The van der Waals surface area contributed by atoms with Crippen LogP contribution in [0.4, 0.5) is 0 Å². The number of carboxylic acids is 1. The van der Waals surface area contributed by atoms with Gasteiger partial charge in [0.2, 0.25) is 0 Å². The Morgan fingerprint density at radius 1 is 1.08 bits per heavy atom. The second kappa shape index (κ2) is 13.2.